The van der Waals surface area contributed by atoms with Gasteiger partial charge in [-0.3, -0.25) is 11.1 Å². The van der Waals surface area contributed by atoms with Gasteiger partial charge in [-0.1, -0.05) is 44.9 Å². The molecular weight excluding hydrogens is 1020 g/mol. The van der Waals surface area contributed by atoms with Gasteiger partial charge >= 0.3 is 48.1 Å². The van der Waals surface area contributed by atoms with Crippen LogP contribution in [-0.4, -0.2) is 44.8 Å². The Labute approximate surface area is 340 Å². The van der Waals surface area contributed by atoms with Gasteiger partial charge in [0.1, 0.15) is 5.69 Å². The van der Waals surface area contributed by atoms with Gasteiger partial charge in [0.05, 0.1) is 0 Å². The maximum Gasteiger partial charge on any atom is 4.00 e. The molecule has 0 radical (unpaired) electrons. The summed E-state index contributed by atoms with van der Waals surface area (Å²) in [5.41, 5.74) is 5.25. The zero-order valence-electron chi connectivity index (χ0n) is 28.8. The molecule has 0 amide bonds. The number of anilines is 1. The molecule has 4 heterocycles. The van der Waals surface area contributed by atoms with E-state index in [9.17, 15) is 0 Å². The number of ether oxygens (including phenoxy) is 2. The van der Waals surface area contributed by atoms with Gasteiger partial charge in [0.2, 0.25) is 6.20 Å². The molecule has 0 spiro atoms. The number of hydrogen-bond acceptors (Lipinski definition) is 4. The molecule has 1 saturated heterocycles. The van der Waals surface area contributed by atoms with Crippen LogP contribution in [0.25, 0.3) is 22.4 Å². The second kappa shape index (κ2) is 19.0. The molecule has 0 bridgehead atoms. The summed E-state index contributed by atoms with van der Waals surface area (Å²) in [6, 6.07) is 50.9. The topological polar surface area (TPSA) is 45.5 Å². The van der Waals surface area contributed by atoms with E-state index >= 15 is 0 Å². The Kier molecular flexibility index (Phi) is 14.0. The van der Waals surface area contributed by atoms with Crippen molar-refractivity contribution in [3.05, 3.63) is 159 Å². The van der Waals surface area contributed by atoms with Crippen LogP contribution in [0.2, 0.25) is 0 Å². The fraction of sp³-hybridized carbons (Fsp3) is 0.136. The average Bonchev–Trinajstić information content (AvgIpc) is 3.88. The monoisotopic (exact) mass is 1050 g/mol. The van der Waals surface area contributed by atoms with E-state index in [0.717, 1.165) is 46.8 Å². The van der Waals surface area contributed by atoms with Gasteiger partial charge in [0.15, 0.2) is 7.05 Å². The Morgan fingerprint density at radius 1 is 0.755 bits per heavy atom. The molecule has 8 rings (SSSR count). The third kappa shape index (κ3) is 10.4. The number of hydrogen-bond donors (Lipinski definition) is 0. The molecule has 53 heavy (non-hydrogen) atoms. The Balaban J connectivity index is 0.000000542. The number of pyridine rings is 1. The summed E-state index contributed by atoms with van der Waals surface area (Å²) in [5, 5.41) is 0. The van der Waals surface area contributed by atoms with Crippen molar-refractivity contribution < 1.29 is 60.8 Å². The standard InChI is InChI=1S/C38H29N4O2.C6H4N.2Pt/c1-40-20-21-42(28-40)33-25-32(41-18-6-3-7-19-41)26-37(27-33)44-36-15-9-11-31(23-36)38-24-30(16-17-39-38)29-10-8-14-35(22-29)43-34-12-4-2-5-13-34;1-2-7-5-3-4-6-7;;/h2,4-5,8-12,14-15,17,20-21,24-26H,3,6-7,18-19H2,1H3;3-6H;;/q-3;-1;+2;+4. The van der Waals surface area contributed by atoms with Gasteiger partial charge in [0.25, 0.3) is 6.20 Å². The molecule has 6 aromatic rings. The Morgan fingerprint density at radius 3 is 2.15 bits per heavy atom. The molecule has 0 aliphatic carbocycles. The van der Waals surface area contributed by atoms with Crippen molar-refractivity contribution in [3.63, 3.8) is 0 Å². The maximum atomic E-state index is 6.57. The molecule has 0 atom stereocenters. The van der Waals surface area contributed by atoms with Crippen molar-refractivity contribution in [3.8, 4) is 51.4 Å². The molecule has 264 valence electrons. The van der Waals surface area contributed by atoms with Crippen LogP contribution < -0.4 is 14.4 Å². The Morgan fingerprint density at radius 2 is 1.47 bits per heavy atom. The van der Waals surface area contributed by atoms with Crippen molar-refractivity contribution in [2.24, 2.45) is 0 Å². The predicted octanol–water partition coefficient (Wildman–Crippen LogP) is 8.81. The van der Waals surface area contributed by atoms with Crippen molar-refractivity contribution in [2.45, 2.75) is 19.3 Å². The van der Waals surface area contributed by atoms with E-state index in [4.69, 9.17) is 15.9 Å². The molecular formula is C44H33N5O2Pt2+2. The summed E-state index contributed by atoms with van der Waals surface area (Å²) in [6.07, 6.45) is 19.3. The smallest absolute Gasteiger partial charge is 0.669 e. The minimum absolute atomic E-state index is 0. The van der Waals surface area contributed by atoms with Crippen LogP contribution in [0.1, 0.15) is 19.3 Å². The summed E-state index contributed by atoms with van der Waals surface area (Å²) in [5.74, 6) is 2.45. The van der Waals surface area contributed by atoms with E-state index in [-0.39, 0.29) is 42.1 Å². The van der Waals surface area contributed by atoms with Crippen molar-refractivity contribution in [2.75, 3.05) is 25.0 Å². The second-order valence-corrected chi connectivity index (χ2v) is 11.9. The van der Waals surface area contributed by atoms with Crippen molar-refractivity contribution >= 4 is 17.4 Å². The van der Waals surface area contributed by atoms with E-state index in [2.05, 4.69) is 64.4 Å². The van der Waals surface area contributed by atoms with E-state index in [1.54, 1.807) is 23.2 Å². The van der Waals surface area contributed by atoms with Crippen LogP contribution in [0.4, 0.5) is 11.4 Å². The Hall–Kier alpha value is -5.23. The molecule has 1 fully saturated rings. The fourth-order valence-corrected chi connectivity index (χ4v) is 5.67. The second-order valence-electron chi connectivity index (χ2n) is 11.9. The molecule has 4 aromatic carbocycles. The SMILES string of the molecule is C[N+]1=C=[N+](c2[c-]c(Oc3[c-]c(-c4cc(-c5[c-]c(Oc6[c-]cccc6)ccc5)[c-]cn4)ccc3)cc(N3CCCCC3)c2)C=C1.[C-]#Cn1cccc1.[Pt+2].[Pt+4]. The summed E-state index contributed by atoms with van der Waals surface area (Å²) >= 11 is 0. The molecule has 7 nitrogen and oxygen atoms in total. The molecule has 2 aliphatic rings. The number of para-hydroxylation sites is 1. The zero-order valence-corrected chi connectivity index (χ0v) is 33.3. The van der Waals surface area contributed by atoms with Crippen LogP contribution in [-0.2, 0) is 42.1 Å². The van der Waals surface area contributed by atoms with Crippen molar-refractivity contribution in [1.29, 1.82) is 0 Å². The Bertz CT molecular complexity index is 2270. The molecule has 0 saturated carbocycles. The number of nitrogens with zero attached hydrogens (tertiary/aromatic N) is 5. The van der Waals surface area contributed by atoms with Crippen LogP contribution >= 0.6 is 0 Å². The van der Waals surface area contributed by atoms with E-state index in [0.29, 0.717) is 23.0 Å². The molecule has 2 aromatic heterocycles. The first-order valence-corrected chi connectivity index (χ1v) is 16.7. The normalized spacial score (nSPS) is 12.9. The van der Waals surface area contributed by atoms with Crippen LogP contribution in [0.5, 0.6) is 23.0 Å². The average molecular weight is 1050 g/mol. The summed E-state index contributed by atoms with van der Waals surface area (Å²) < 4.78 is 17.7. The zero-order chi connectivity index (χ0) is 34.8. The third-order valence-electron chi connectivity index (χ3n) is 8.16. The molecule has 0 N–H and O–H groups in total. The quantitative estimate of drug-likeness (QED) is 0.0870. The predicted molar refractivity (Wildman–Crippen MR) is 196 cm³/mol. The number of rotatable bonds is 8. The van der Waals surface area contributed by atoms with Gasteiger partial charge in [-0.2, -0.15) is 30.3 Å². The minimum atomic E-state index is 0. The molecule has 0 unspecified atom stereocenters. The van der Waals surface area contributed by atoms with Crippen LogP contribution in [0.15, 0.2) is 122 Å². The number of aromatic nitrogens is 2. The maximum absolute atomic E-state index is 6.57. The van der Waals surface area contributed by atoms with Gasteiger partial charge < -0.3 is 30.3 Å². The number of benzene rings is 4. The summed E-state index contributed by atoms with van der Waals surface area (Å²) in [6.45, 7) is 2.06. The van der Waals surface area contributed by atoms with Gasteiger partial charge in [-0.05, 0) is 31.4 Å². The first-order valence-electron chi connectivity index (χ1n) is 16.7. The number of piperidine rings is 1. The van der Waals surface area contributed by atoms with Gasteiger partial charge in [-0.15, -0.1) is 48.0 Å². The van der Waals surface area contributed by atoms with E-state index in [1.165, 1.54) is 19.3 Å². The van der Waals surface area contributed by atoms with E-state index < -0.39 is 0 Å². The molecule has 9 heteroatoms. The van der Waals surface area contributed by atoms with Gasteiger partial charge in [0, 0.05) is 48.5 Å². The first-order chi connectivity index (χ1) is 25.1. The fourth-order valence-electron chi connectivity index (χ4n) is 5.67. The van der Waals surface area contributed by atoms with Gasteiger partial charge in [-0.25, -0.2) is 24.2 Å². The minimum Gasteiger partial charge on any atom is -0.669 e. The third-order valence-corrected chi connectivity index (χ3v) is 8.16. The summed E-state index contributed by atoms with van der Waals surface area (Å²) in [7, 11) is 1.95. The molecule has 2 aliphatic heterocycles. The summed E-state index contributed by atoms with van der Waals surface area (Å²) in [4.78, 5) is 7.00. The van der Waals surface area contributed by atoms with Crippen molar-refractivity contribution in [1.82, 2.24) is 9.55 Å². The largest absolute Gasteiger partial charge is 4.00 e. The van der Waals surface area contributed by atoms with E-state index in [1.807, 2.05) is 107 Å². The van der Waals surface area contributed by atoms with Crippen LogP contribution in [0, 0.1) is 42.8 Å². The van der Waals surface area contributed by atoms with Crippen LogP contribution in [0.3, 0.4) is 0 Å². The first kappa shape index (κ1) is 39.0.